The smallest absolute Gasteiger partial charge is 0.270 e. The molecule has 0 unspecified atom stereocenters. The molecule has 0 bridgehead atoms. The molecule has 0 aliphatic carbocycles. The van der Waals surface area contributed by atoms with Crippen LogP contribution >= 0.6 is 11.8 Å². The summed E-state index contributed by atoms with van der Waals surface area (Å²) in [6, 6.07) is 4.01. The monoisotopic (exact) mass is 318 g/mol. The van der Waals surface area contributed by atoms with Gasteiger partial charge in [0.05, 0.1) is 10.5 Å². The fourth-order valence-electron chi connectivity index (χ4n) is 1.89. The highest BCUT2D eigenvalue weighted by Gasteiger charge is 2.21. The molecule has 2 rings (SSSR count). The molecule has 0 radical (unpaired) electrons. The van der Waals surface area contributed by atoms with Crippen molar-refractivity contribution in [2.24, 2.45) is 0 Å². The van der Waals surface area contributed by atoms with Crippen molar-refractivity contribution in [2.75, 3.05) is 6.26 Å². The van der Waals surface area contributed by atoms with Crippen molar-refractivity contribution < 1.29 is 10.0 Å². The second-order valence-electron chi connectivity index (χ2n) is 4.33. The van der Waals surface area contributed by atoms with E-state index in [2.05, 4.69) is 9.97 Å². The maximum Gasteiger partial charge on any atom is 0.270 e. The number of aromatic hydroxyl groups is 1. The Labute approximate surface area is 128 Å². The lowest BCUT2D eigenvalue weighted by molar-refractivity contribution is -0.384. The van der Waals surface area contributed by atoms with Gasteiger partial charge < -0.3 is 10.1 Å². The van der Waals surface area contributed by atoms with Crippen LogP contribution in [0.2, 0.25) is 0 Å². The van der Waals surface area contributed by atoms with E-state index in [-0.39, 0.29) is 39.0 Å². The minimum Gasteiger partial charge on any atom is -0.507 e. The van der Waals surface area contributed by atoms with Gasteiger partial charge in [-0.3, -0.25) is 14.9 Å². The predicted molar refractivity (Wildman–Crippen MR) is 79.8 cm³/mol. The van der Waals surface area contributed by atoms with E-state index in [1.165, 1.54) is 13.0 Å². The van der Waals surface area contributed by atoms with E-state index in [4.69, 9.17) is 5.26 Å². The number of nitro benzene ring substituents is 1. The third kappa shape index (κ3) is 2.64. The van der Waals surface area contributed by atoms with Gasteiger partial charge in [-0.05, 0) is 18.7 Å². The number of rotatable bonds is 3. The first-order chi connectivity index (χ1) is 10.4. The van der Waals surface area contributed by atoms with E-state index in [9.17, 15) is 20.0 Å². The van der Waals surface area contributed by atoms with Crippen LogP contribution in [0.3, 0.4) is 0 Å². The topological polar surface area (TPSA) is 133 Å². The van der Waals surface area contributed by atoms with Crippen molar-refractivity contribution in [1.82, 2.24) is 9.97 Å². The molecule has 22 heavy (non-hydrogen) atoms. The number of aromatic amines is 1. The maximum atomic E-state index is 11.9. The van der Waals surface area contributed by atoms with E-state index in [1.54, 1.807) is 12.3 Å². The molecule has 1 aromatic carbocycles. The zero-order valence-corrected chi connectivity index (χ0v) is 12.4. The summed E-state index contributed by atoms with van der Waals surface area (Å²) in [6.45, 7) is 1.49. The van der Waals surface area contributed by atoms with Crippen LogP contribution in [0.4, 0.5) is 5.69 Å². The number of phenols is 1. The Bertz CT molecular complexity index is 870. The number of nitrogens with one attached hydrogen (secondary N) is 1. The third-order valence-corrected chi connectivity index (χ3v) is 3.53. The first-order valence-corrected chi connectivity index (χ1v) is 7.18. The van der Waals surface area contributed by atoms with E-state index in [1.807, 2.05) is 0 Å². The average Bonchev–Trinajstić information content (AvgIpc) is 2.48. The number of hydrogen-bond donors (Lipinski definition) is 2. The van der Waals surface area contributed by atoms with Gasteiger partial charge >= 0.3 is 0 Å². The van der Waals surface area contributed by atoms with Crippen LogP contribution in [0.1, 0.15) is 11.1 Å². The van der Waals surface area contributed by atoms with Gasteiger partial charge in [0.1, 0.15) is 23.1 Å². The highest BCUT2D eigenvalue weighted by molar-refractivity contribution is 7.98. The average molecular weight is 318 g/mol. The molecule has 2 N–H and O–H groups in total. The predicted octanol–water partition coefficient (Wildman–Crippen LogP) is 1.95. The van der Waals surface area contributed by atoms with Crippen LogP contribution in [0, 0.1) is 28.4 Å². The van der Waals surface area contributed by atoms with Crippen LogP contribution in [0.5, 0.6) is 5.75 Å². The molecule has 0 atom stereocenters. The Morgan fingerprint density at radius 2 is 2.18 bits per heavy atom. The molecule has 0 fully saturated rings. The minimum absolute atomic E-state index is 0.0235. The Kier molecular flexibility index (Phi) is 4.14. The standard InChI is InChI=1S/C13H10N4O4S/c1-6-3-7(17(20)21)4-8(11(6)18)10-9(5-14)12(19)16-13(15-10)22-2/h3-4,18H,1-2H3,(H,15,16,19). The van der Waals surface area contributed by atoms with Gasteiger partial charge in [-0.2, -0.15) is 5.26 Å². The lowest BCUT2D eigenvalue weighted by Gasteiger charge is -2.09. The lowest BCUT2D eigenvalue weighted by Crippen LogP contribution is -2.14. The van der Waals surface area contributed by atoms with Crippen molar-refractivity contribution >= 4 is 17.4 Å². The van der Waals surface area contributed by atoms with Gasteiger partial charge in [0.2, 0.25) is 0 Å². The summed E-state index contributed by atoms with van der Waals surface area (Å²) in [4.78, 5) is 28.7. The van der Waals surface area contributed by atoms with Crippen LogP contribution in [0.25, 0.3) is 11.3 Å². The number of phenolic OH excluding ortho intramolecular Hbond substituents is 1. The lowest BCUT2D eigenvalue weighted by atomic mass is 10.0. The fourth-order valence-corrected chi connectivity index (χ4v) is 2.27. The first kappa shape index (κ1) is 15.5. The number of aryl methyl sites for hydroxylation is 1. The van der Waals surface area contributed by atoms with Gasteiger partial charge in [-0.15, -0.1) is 0 Å². The molecular formula is C13H10N4O4S. The molecule has 0 aliphatic heterocycles. The summed E-state index contributed by atoms with van der Waals surface area (Å²) in [6.07, 6.45) is 1.67. The highest BCUT2D eigenvalue weighted by Crippen LogP contribution is 2.35. The number of benzene rings is 1. The first-order valence-electron chi connectivity index (χ1n) is 5.95. The highest BCUT2D eigenvalue weighted by atomic mass is 32.2. The summed E-state index contributed by atoms with van der Waals surface area (Å²) in [5.41, 5.74) is -1.10. The molecule has 0 amide bonds. The quantitative estimate of drug-likeness (QED) is 0.382. The van der Waals surface area contributed by atoms with Crippen molar-refractivity contribution in [1.29, 1.82) is 5.26 Å². The van der Waals surface area contributed by atoms with Gasteiger partial charge in [-0.25, -0.2) is 4.98 Å². The second kappa shape index (κ2) is 5.87. The summed E-state index contributed by atoms with van der Waals surface area (Å²) in [7, 11) is 0. The van der Waals surface area contributed by atoms with Crippen LogP contribution < -0.4 is 5.56 Å². The third-order valence-electron chi connectivity index (χ3n) is 2.95. The van der Waals surface area contributed by atoms with Gasteiger partial charge in [0, 0.05) is 12.1 Å². The minimum atomic E-state index is -0.666. The number of hydrogen-bond acceptors (Lipinski definition) is 7. The Balaban J connectivity index is 2.87. The Morgan fingerprint density at radius 3 is 2.73 bits per heavy atom. The molecule has 8 nitrogen and oxygen atoms in total. The largest absolute Gasteiger partial charge is 0.507 e. The molecule has 112 valence electrons. The zero-order chi connectivity index (χ0) is 16.4. The van der Waals surface area contributed by atoms with E-state index in [0.717, 1.165) is 17.8 Å². The molecule has 2 aromatic rings. The van der Waals surface area contributed by atoms with Crippen LogP contribution in [-0.2, 0) is 0 Å². The van der Waals surface area contributed by atoms with E-state index >= 15 is 0 Å². The molecule has 9 heteroatoms. The molecule has 0 saturated carbocycles. The molecule has 0 aliphatic rings. The molecular weight excluding hydrogens is 308 g/mol. The van der Waals surface area contributed by atoms with Crippen molar-refractivity contribution in [3.63, 3.8) is 0 Å². The number of aromatic nitrogens is 2. The SMILES string of the molecule is CSc1nc(-c2cc([N+](=O)[O-])cc(C)c2O)c(C#N)c(=O)[nH]1. The zero-order valence-electron chi connectivity index (χ0n) is 11.6. The molecule has 0 spiro atoms. The number of non-ortho nitro benzene ring substituents is 1. The number of nitriles is 1. The van der Waals surface area contributed by atoms with Gasteiger partial charge in [-0.1, -0.05) is 11.8 Å². The van der Waals surface area contributed by atoms with Crippen LogP contribution in [-0.4, -0.2) is 26.3 Å². The van der Waals surface area contributed by atoms with Crippen LogP contribution in [0.15, 0.2) is 22.1 Å². The molecule has 1 heterocycles. The normalized spacial score (nSPS) is 10.2. The van der Waals surface area contributed by atoms with Crippen molar-refractivity contribution in [3.05, 3.63) is 43.7 Å². The summed E-state index contributed by atoms with van der Waals surface area (Å²) in [5.74, 6) is -0.257. The van der Waals surface area contributed by atoms with Crippen molar-refractivity contribution in [3.8, 4) is 23.1 Å². The Morgan fingerprint density at radius 1 is 1.50 bits per heavy atom. The summed E-state index contributed by atoms with van der Waals surface area (Å²) < 4.78 is 0. The number of nitro groups is 1. The molecule has 0 saturated heterocycles. The molecule has 1 aromatic heterocycles. The second-order valence-corrected chi connectivity index (χ2v) is 5.12. The van der Waals surface area contributed by atoms with Crippen molar-refractivity contribution in [2.45, 2.75) is 12.1 Å². The van der Waals surface area contributed by atoms with E-state index in [0.29, 0.717) is 0 Å². The van der Waals surface area contributed by atoms with E-state index < -0.39 is 10.5 Å². The number of nitrogens with zero attached hydrogens (tertiary/aromatic N) is 3. The van der Waals surface area contributed by atoms with Gasteiger partial charge in [0.25, 0.3) is 11.2 Å². The Hall–Kier alpha value is -2.86. The number of thioether (sulfide) groups is 1. The summed E-state index contributed by atoms with van der Waals surface area (Å²) >= 11 is 1.14. The maximum absolute atomic E-state index is 11.9. The number of H-pyrrole nitrogens is 1. The van der Waals surface area contributed by atoms with Gasteiger partial charge in [0.15, 0.2) is 5.16 Å². The fraction of sp³-hybridized carbons (Fsp3) is 0.154. The summed E-state index contributed by atoms with van der Waals surface area (Å²) in [5, 5.41) is 30.5.